The number of para-hydroxylation sites is 2. The molecular formula is C49H47N4OPt-. The number of benzene rings is 5. The first kappa shape index (κ1) is 39.4. The summed E-state index contributed by atoms with van der Waals surface area (Å²) in [5.74, 6) is 0.824. The molecule has 280 valence electrons. The maximum Gasteiger partial charge on any atom is 0.148 e. The number of nitriles is 1. The first-order chi connectivity index (χ1) is 25.5. The van der Waals surface area contributed by atoms with Gasteiger partial charge in [0.05, 0.1) is 22.7 Å². The third kappa shape index (κ3) is 7.93. The molecule has 5 aromatic carbocycles. The topological polar surface area (TPSA) is 74.7 Å². The molecule has 7 aromatic rings. The summed E-state index contributed by atoms with van der Waals surface area (Å²) in [6.45, 7) is 20.0. The quantitative estimate of drug-likeness (QED) is 0.175. The van der Waals surface area contributed by atoms with Crippen LogP contribution in [0.25, 0.3) is 61.6 Å². The fourth-order valence-corrected chi connectivity index (χ4v) is 6.84. The van der Waals surface area contributed by atoms with Crippen LogP contribution in [-0.4, -0.2) is 19.6 Å². The van der Waals surface area contributed by atoms with E-state index in [-0.39, 0.29) is 43.1 Å². The largest absolute Gasteiger partial charge is 0.507 e. The molecule has 0 aliphatic carbocycles. The van der Waals surface area contributed by atoms with Crippen molar-refractivity contribution in [1.82, 2.24) is 14.5 Å². The summed E-state index contributed by atoms with van der Waals surface area (Å²) in [5, 5.41) is 21.2. The molecular weight excluding hydrogens is 856 g/mol. The Morgan fingerprint density at radius 1 is 0.636 bits per heavy atom. The molecule has 6 heteroatoms. The van der Waals surface area contributed by atoms with Crippen LogP contribution in [0.1, 0.15) is 84.6 Å². The first-order valence-electron chi connectivity index (χ1n) is 18.5. The standard InChI is InChI=1S/C49H47N4O.Pt/c1-47(2,3)36-18-19-44(54)41(29-36)46-52-45-40(16-13-17-43(45)53(46)39-14-11-10-12-15-39)34-23-32(24-35(25-34)42-22-31(30-50)20-21-51-42)33-26-37(48(4,5)6)28-38(27-33)49(7,8)9;/h10-24,26-29,54H,1-9H3;/q-1;. The number of fused-ring (bicyclic) bond motifs is 1. The summed E-state index contributed by atoms with van der Waals surface area (Å²) in [7, 11) is 0. The molecule has 5 nitrogen and oxygen atoms in total. The molecule has 0 atom stereocenters. The molecule has 0 saturated heterocycles. The zero-order valence-electron chi connectivity index (χ0n) is 33.0. The Balaban J connectivity index is 0.00000514. The number of phenols is 1. The summed E-state index contributed by atoms with van der Waals surface area (Å²) < 4.78 is 2.13. The molecule has 0 saturated carbocycles. The Labute approximate surface area is 340 Å². The van der Waals surface area contributed by atoms with Gasteiger partial charge in [-0.15, -0.1) is 23.8 Å². The monoisotopic (exact) mass is 902 g/mol. The third-order valence-electron chi connectivity index (χ3n) is 10.1. The summed E-state index contributed by atoms with van der Waals surface area (Å²) in [5.41, 5.74) is 12.5. The number of imidazole rings is 1. The molecule has 0 fully saturated rings. The normalized spacial score (nSPS) is 12.0. The number of aromatic nitrogens is 3. The minimum Gasteiger partial charge on any atom is -0.507 e. The van der Waals surface area contributed by atoms with Gasteiger partial charge < -0.3 is 5.11 Å². The van der Waals surface area contributed by atoms with Gasteiger partial charge in [0.1, 0.15) is 11.6 Å². The molecule has 0 bridgehead atoms. The van der Waals surface area contributed by atoms with E-state index in [0.29, 0.717) is 22.6 Å². The van der Waals surface area contributed by atoms with E-state index in [2.05, 4.69) is 146 Å². The fraction of sp³-hybridized carbons (Fsp3) is 0.245. The van der Waals surface area contributed by atoms with E-state index in [4.69, 9.17) is 9.97 Å². The molecule has 0 aliphatic rings. The van der Waals surface area contributed by atoms with E-state index in [9.17, 15) is 10.4 Å². The van der Waals surface area contributed by atoms with E-state index >= 15 is 0 Å². The zero-order valence-corrected chi connectivity index (χ0v) is 35.3. The van der Waals surface area contributed by atoms with Gasteiger partial charge in [0.2, 0.25) is 0 Å². The van der Waals surface area contributed by atoms with Crippen LogP contribution in [0.15, 0.2) is 115 Å². The number of pyridine rings is 1. The van der Waals surface area contributed by atoms with Crippen molar-refractivity contribution in [2.45, 2.75) is 78.6 Å². The van der Waals surface area contributed by atoms with Crippen LogP contribution in [0.4, 0.5) is 0 Å². The summed E-state index contributed by atoms with van der Waals surface area (Å²) in [6.07, 6.45) is 1.68. The average molecular weight is 903 g/mol. The molecule has 2 aromatic heterocycles. The molecule has 2 heterocycles. The Morgan fingerprint density at radius 3 is 1.91 bits per heavy atom. The maximum atomic E-state index is 11.4. The Bertz CT molecular complexity index is 2540. The number of aromatic hydroxyl groups is 1. The molecule has 0 spiro atoms. The molecule has 0 radical (unpaired) electrons. The minimum atomic E-state index is -0.128. The van der Waals surface area contributed by atoms with E-state index < -0.39 is 0 Å². The van der Waals surface area contributed by atoms with Crippen molar-refractivity contribution in [3.05, 3.63) is 144 Å². The predicted molar refractivity (Wildman–Crippen MR) is 222 cm³/mol. The second kappa shape index (κ2) is 14.7. The zero-order chi connectivity index (χ0) is 38.6. The Morgan fingerprint density at radius 2 is 1.27 bits per heavy atom. The Hall–Kier alpha value is -5.30. The van der Waals surface area contributed by atoms with Crippen LogP contribution in [0.2, 0.25) is 0 Å². The fourth-order valence-electron chi connectivity index (χ4n) is 6.84. The SMILES string of the molecule is CC(C)(C)c1cc(-c2cc(-c3cc(C#N)ccn3)[c-]c(-c3cccc4c3nc(-c3cc(C(C)(C)C)ccc3O)n4-c3ccccc3)c2)cc(C(C)(C)C)c1.[Pt]. The van der Waals surface area contributed by atoms with Gasteiger partial charge in [0.15, 0.2) is 0 Å². The number of hydrogen-bond donors (Lipinski definition) is 1. The summed E-state index contributed by atoms with van der Waals surface area (Å²) in [4.78, 5) is 10.1. The molecule has 1 N–H and O–H groups in total. The van der Waals surface area contributed by atoms with Crippen molar-refractivity contribution in [1.29, 1.82) is 5.26 Å². The summed E-state index contributed by atoms with van der Waals surface area (Å²) in [6, 6.07) is 43.0. The third-order valence-corrected chi connectivity index (χ3v) is 10.1. The molecule has 7 rings (SSSR count). The Kier molecular flexibility index (Phi) is 10.6. The van der Waals surface area contributed by atoms with E-state index in [1.807, 2.05) is 30.3 Å². The van der Waals surface area contributed by atoms with Gasteiger partial charge in [0, 0.05) is 44.2 Å². The van der Waals surface area contributed by atoms with Crippen LogP contribution in [-0.2, 0) is 37.3 Å². The van der Waals surface area contributed by atoms with Crippen LogP contribution < -0.4 is 0 Å². The second-order valence-corrected chi connectivity index (χ2v) is 17.3. The van der Waals surface area contributed by atoms with Crippen molar-refractivity contribution in [3.63, 3.8) is 0 Å². The van der Waals surface area contributed by atoms with Gasteiger partial charge in [-0.25, -0.2) is 4.98 Å². The van der Waals surface area contributed by atoms with E-state index in [1.165, 1.54) is 11.1 Å². The molecule has 0 amide bonds. The average Bonchev–Trinajstić information content (AvgIpc) is 3.53. The summed E-state index contributed by atoms with van der Waals surface area (Å²) >= 11 is 0. The molecule has 0 aliphatic heterocycles. The van der Waals surface area contributed by atoms with Crippen molar-refractivity contribution < 1.29 is 26.2 Å². The van der Waals surface area contributed by atoms with Crippen molar-refractivity contribution in [3.8, 4) is 62.4 Å². The van der Waals surface area contributed by atoms with Crippen LogP contribution in [0.5, 0.6) is 5.75 Å². The van der Waals surface area contributed by atoms with Gasteiger partial charge >= 0.3 is 0 Å². The molecule has 55 heavy (non-hydrogen) atoms. The van der Waals surface area contributed by atoms with Gasteiger partial charge in [-0.1, -0.05) is 140 Å². The second-order valence-electron chi connectivity index (χ2n) is 17.3. The maximum absolute atomic E-state index is 11.4. The van der Waals surface area contributed by atoms with E-state index in [0.717, 1.165) is 50.1 Å². The number of hydrogen-bond acceptors (Lipinski definition) is 4. The van der Waals surface area contributed by atoms with Crippen LogP contribution in [0.3, 0.4) is 0 Å². The minimum absolute atomic E-state index is 0. The molecule has 0 unspecified atom stereocenters. The van der Waals surface area contributed by atoms with E-state index in [1.54, 1.807) is 18.3 Å². The number of nitrogens with zero attached hydrogens (tertiary/aromatic N) is 4. The predicted octanol–water partition coefficient (Wildman–Crippen LogP) is 12.4. The number of rotatable bonds is 5. The van der Waals surface area contributed by atoms with Gasteiger partial charge in [-0.05, 0) is 74.9 Å². The van der Waals surface area contributed by atoms with Gasteiger partial charge in [0.25, 0.3) is 0 Å². The van der Waals surface area contributed by atoms with Crippen molar-refractivity contribution in [2.75, 3.05) is 0 Å². The van der Waals surface area contributed by atoms with Crippen molar-refractivity contribution in [2.24, 2.45) is 0 Å². The van der Waals surface area contributed by atoms with Crippen LogP contribution in [0, 0.1) is 17.4 Å². The first-order valence-corrected chi connectivity index (χ1v) is 18.5. The van der Waals surface area contributed by atoms with Crippen LogP contribution >= 0.6 is 0 Å². The number of phenolic OH excluding ortho intramolecular Hbond substituents is 1. The van der Waals surface area contributed by atoms with Gasteiger partial charge in [-0.3, -0.25) is 9.55 Å². The van der Waals surface area contributed by atoms with Crippen molar-refractivity contribution >= 4 is 11.0 Å². The van der Waals surface area contributed by atoms with Gasteiger partial charge in [-0.2, -0.15) is 5.26 Å². The smallest absolute Gasteiger partial charge is 0.148 e.